The molecular weight excluding hydrogens is 688 g/mol. The van der Waals surface area contributed by atoms with E-state index in [-0.39, 0.29) is 46.6 Å². The predicted octanol–water partition coefficient (Wildman–Crippen LogP) is 2.21. The van der Waals surface area contributed by atoms with Gasteiger partial charge in [0.2, 0.25) is 0 Å². The number of rotatable bonds is 8. The fourth-order valence-corrected chi connectivity index (χ4v) is 12.0. The first-order valence-electron chi connectivity index (χ1n) is 20.2. The Labute approximate surface area is 313 Å². The van der Waals surface area contributed by atoms with Gasteiger partial charge in [-0.3, -0.25) is 4.79 Å². The highest BCUT2D eigenvalue weighted by atomic mass is 16.8. The second-order valence-corrected chi connectivity index (χ2v) is 18.2. The minimum atomic E-state index is -1.51. The van der Waals surface area contributed by atoms with E-state index in [0.29, 0.717) is 30.6 Å². The molecule has 302 valence electrons. The topological polar surface area (TPSA) is 194 Å². The Kier molecular flexibility index (Phi) is 11.6. The van der Waals surface area contributed by atoms with Gasteiger partial charge in [-0.25, -0.2) is 0 Å². The van der Waals surface area contributed by atoms with Crippen molar-refractivity contribution < 1.29 is 63.9 Å². The molecule has 53 heavy (non-hydrogen) atoms. The zero-order chi connectivity index (χ0) is 38.1. The number of ether oxygens (including phenoxy) is 6. The summed E-state index contributed by atoms with van der Waals surface area (Å²) < 4.78 is 36.1. The van der Waals surface area contributed by atoms with Gasteiger partial charge in [0.15, 0.2) is 24.7 Å². The third-order valence-electron chi connectivity index (χ3n) is 15.3. The summed E-state index contributed by atoms with van der Waals surface area (Å²) in [7, 11) is 1.46. The van der Waals surface area contributed by atoms with Crippen LogP contribution in [0.2, 0.25) is 0 Å². The van der Waals surface area contributed by atoms with Gasteiger partial charge in [0.05, 0.1) is 24.9 Å². The summed E-state index contributed by atoms with van der Waals surface area (Å²) in [6.07, 6.45) is -2.17. The number of aliphatic hydroxyl groups excluding tert-OH is 6. The second kappa shape index (κ2) is 15.4. The Morgan fingerprint density at radius 2 is 1.47 bits per heavy atom. The van der Waals surface area contributed by atoms with Gasteiger partial charge >= 0.3 is 0 Å². The molecule has 0 radical (unpaired) electrons. The molecule has 0 aromatic carbocycles. The number of hydrogen-bond donors (Lipinski definition) is 6. The van der Waals surface area contributed by atoms with Crippen LogP contribution in [-0.4, -0.2) is 130 Å². The lowest BCUT2D eigenvalue weighted by Crippen LogP contribution is -2.60. The molecule has 3 aliphatic heterocycles. The van der Waals surface area contributed by atoms with E-state index >= 15 is 0 Å². The normalized spacial score (nSPS) is 53.7. The van der Waals surface area contributed by atoms with Gasteiger partial charge in [0.25, 0.3) is 0 Å². The molecule has 0 spiro atoms. The molecule has 21 atom stereocenters. The first kappa shape index (κ1) is 40.1. The van der Waals surface area contributed by atoms with Crippen molar-refractivity contribution in [2.24, 2.45) is 46.3 Å². The fourth-order valence-electron chi connectivity index (χ4n) is 12.0. The van der Waals surface area contributed by atoms with Crippen LogP contribution in [0.1, 0.15) is 92.4 Å². The molecule has 10 unspecified atom stereocenters. The predicted molar refractivity (Wildman–Crippen MR) is 189 cm³/mol. The number of aliphatic hydroxyl groups is 6. The largest absolute Gasteiger partial charge is 0.394 e. The van der Waals surface area contributed by atoms with Gasteiger partial charge in [0, 0.05) is 18.9 Å². The molecule has 13 heteroatoms. The maximum atomic E-state index is 14.1. The molecule has 3 heterocycles. The molecule has 0 aromatic heterocycles. The number of hydrogen-bond acceptors (Lipinski definition) is 13. The molecule has 3 saturated heterocycles. The van der Waals surface area contributed by atoms with Crippen molar-refractivity contribution in [2.75, 3.05) is 13.7 Å². The van der Waals surface area contributed by atoms with Crippen molar-refractivity contribution in [3.63, 3.8) is 0 Å². The lowest BCUT2D eigenvalue weighted by molar-refractivity contribution is -0.354. The Morgan fingerprint density at radius 1 is 0.774 bits per heavy atom. The van der Waals surface area contributed by atoms with Crippen molar-refractivity contribution in [1.82, 2.24) is 0 Å². The molecular formula is C40H64O13. The van der Waals surface area contributed by atoms with Gasteiger partial charge in [-0.05, 0) is 105 Å². The minimum absolute atomic E-state index is 0.0252. The van der Waals surface area contributed by atoms with E-state index in [0.717, 1.165) is 44.9 Å². The van der Waals surface area contributed by atoms with E-state index in [4.69, 9.17) is 28.4 Å². The van der Waals surface area contributed by atoms with Crippen LogP contribution in [0.25, 0.3) is 0 Å². The van der Waals surface area contributed by atoms with Crippen LogP contribution in [0, 0.1) is 46.3 Å². The van der Waals surface area contributed by atoms with Crippen LogP contribution < -0.4 is 0 Å². The number of fused-ring (bicyclic) bond motifs is 5. The number of carbonyl (C=O) groups is 1. The van der Waals surface area contributed by atoms with Gasteiger partial charge in [-0.2, -0.15) is 0 Å². The van der Waals surface area contributed by atoms with Crippen LogP contribution in [0.15, 0.2) is 11.6 Å². The average molecular weight is 753 g/mol. The van der Waals surface area contributed by atoms with E-state index < -0.39 is 74.3 Å². The zero-order valence-corrected chi connectivity index (χ0v) is 32.2. The summed E-state index contributed by atoms with van der Waals surface area (Å²) in [5.74, 6) is 1.28. The summed E-state index contributed by atoms with van der Waals surface area (Å²) >= 11 is 0. The van der Waals surface area contributed by atoms with E-state index in [1.165, 1.54) is 12.7 Å². The van der Waals surface area contributed by atoms with Crippen molar-refractivity contribution in [3.8, 4) is 0 Å². The summed E-state index contributed by atoms with van der Waals surface area (Å²) in [5, 5.41) is 62.0. The molecule has 3 saturated carbocycles. The van der Waals surface area contributed by atoms with E-state index in [2.05, 4.69) is 27.7 Å². The SMILES string of the molecule is COC1C(O)C(C)OC(O[C@H]2O[C@@H]([C@@H](C)[C@H]3CC[C@H]4C5=CC(=O)[C@H]6C[C@@H](OC7OC(CO)C(O)C(O)C7O)CC[C@]6(C)[C@H]5CC[C@]34C)CC[C@@H]2C)C1O. The van der Waals surface area contributed by atoms with Crippen molar-refractivity contribution >= 4 is 5.78 Å². The van der Waals surface area contributed by atoms with E-state index in [1.54, 1.807) is 6.92 Å². The quantitative estimate of drug-likeness (QED) is 0.212. The average Bonchev–Trinajstić information content (AvgIpc) is 3.49. The molecule has 4 aliphatic carbocycles. The highest BCUT2D eigenvalue weighted by Crippen LogP contribution is 2.67. The molecule has 6 fully saturated rings. The van der Waals surface area contributed by atoms with Crippen LogP contribution in [-0.2, 0) is 33.2 Å². The minimum Gasteiger partial charge on any atom is -0.394 e. The zero-order valence-electron chi connectivity index (χ0n) is 32.2. The molecule has 0 bridgehead atoms. The second-order valence-electron chi connectivity index (χ2n) is 18.2. The van der Waals surface area contributed by atoms with Gasteiger partial charge in [-0.1, -0.05) is 33.3 Å². The van der Waals surface area contributed by atoms with Gasteiger partial charge in [-0.15, -0.1) is 0 Å². The smallest absolute Gasteiger partial charge is 0.189 e. The van der Waals surface area contributed by atoms with Crippen LogP contribution in [0.5, 0.6) is 0 Å². The van der Waals surface area contributed by atoms with E-state index in [1.807, 2.05) is 6.08 Å². The lowest BCUT2D eigenvalue weighted by atomic mass is 9.47. The Morgan fingerprint density at radius 3 is 2.19 bits per heavy atom. The molecule has 13 nitrogen and oxygen atoms in total. The number of ketones is 1. The maximum Gasteiger partial charge on any atom is 0.189 e. The monoisotopic (exact) mass is 752 g/mol. The Balaban J connectivity index is 1.01. The molecule has 0 aromatic rings. The molecule has 0 amide bonds. The number of methoxy groups -OCH3 is 1. The summed E-state index contributed by atoms with van der Waals surface area (Å²) in [5.41, 5.74) is 1.13. The summed E-state index contributed by atoms with van der Waals surface area (Å²) in [6.45, 7) is 10.3. The third-order valence-corrected chi connectivity index (χ3v) is 15.3. The Hall–Kier alpha value is -1.07. The van der Waals surface area contributed by atoms with Crippen LogP contribution >= 0.6 is 0 Å². The summed E-state index contributed by atoms with van der Waals surface area (Å²) in [4.78, 5) is 14.1. The van der Waals surface area contributed by atoms with Gasteiger partial charge < -0.3 is 59.1 Å². The standard InChI is InChI=1S/C40H64O13/c1-18-7-10-28(51-36(18)53-38-34(47)35(48-6)30(43)20(3)49-38)19(2)23-8-9-24-22-16-27(42)26-15-21(11-13-40(26,5)25(22)12-14-39(23,24)4)50-37-33(46)32(45)31(44)29(17-41)52-37/h16,18-21,23-26,28-38,41,43-47H,7-15,17H2,1-6H3/t18-,19-,20?,21-,23+,24-,25-,26+,28+,29?,30?,31?,32?,33?,34?,35?,36+,37?,38?,39+,40+/m0/s1. The Bertz CT molecular complexity index is 1340. The first-order valence-corrected chi connectivity index (χ1v) is 20.2. The molecule has 6 N–H and O–H groups in total. The molecule has 7 aliphatic rings. The maximum absolute atomic E-state index is 14.1. The van der Waals surface area contributed by atoms with Crippen molar-refractivity contribution in [3.05, 3.63) is 11.6 Å². The number of allylic oxidation sites excluding steroid dienone is 2. The summed E-state index contributed by atoms with van der Waals surface area (Å²) in [6, 6.07) is 0. The third kappa shape index (κ3) is 6.90. The fraction of sp³-hybridized carbons (Fsp3) is 0.925. The van der Waals surface area contributed by atoms with E-state index in [9.17, 15) is 35.4 Å². The van der Waals surface area contributed by atoms with Crippen molar-refractivity contribution in [2.45, 2.75) is 172 Å². The first-order chi connectivity index (χ1) is 25.1. The van der Waals surface area contributed by atoms with Crippen LogP contribution in [0.4, 0.5) is 0 Å². The number of carbonyl (C=O) groups excluding carboxylic acids is 1. The molecule has 7 rings (SSSR count). The lowest BCUT2D eigenvalue weighted by Gasteiger charge is -2.57. The van der Waals surface area contributed by atoms with Crippen molar-refractivity contribution in [1.29, 1.82) is 0 Å². The highest BCUT2D eigenvalue weighted by molar-refractivity contribution is 5.94. The highest BCUT2D eigenvalue weighted by Gasteiger charge is 2.61. The van der Waals surface area contributed by atoms with Gasteiger partial charge in [0.1, 0.15) is 42.7 Å². The van der Waals surface area contributed by atoms with Crippen LogP contribution in [0.3, 0.4) is 0 Å².